The lowest BCUT2D eigenvalue weighted by atomic mass is 10.1. The van der Waals surface area contributed by atoms with Gasteiger partial charge >= 0.3 is 12.0 Å². The number of aromatic hydroxyl groups is 2. The van der Waals surface area contributed by atoms with E-state index in [4.69, 9.17) is 11.6 Å². The largest absolute Gasteiger partial charge is 0.504 e. The third kappa shape index (κ3) is 3.91. The van der Waals surface area contributed by atoms with Gasteiger partial charge in [-0.15, -0.1) is 0 Å². The highest BCUT2D eigenvalue weighted by Crippen LogP contribution is 2.39. The maximum Gasteiger partial charge on any atom is 0.384 e. The lowest BCUT2D eigenvalue weighted by Crippen LogP contribution is -2.46. The van der Waals surface area contributed by atoms with E-state index in [-0.39, 0.29) is 27.8 Å². The molecule has 0 aliphatic heterocycles. The van der Waals surface area contributed by atoms with E-state index >= 15 is 0 Å². The average molecular weight is 316 g/mol. The second-order valence-corrected chi connectivity index (χ2v) is 5.32. The molecule has 0 spiro atoms. The molecule has 0 unspecified atom stereocenters. The molecule has 0 saturated carbocycles. The van der Waals surface area contributed by atoms with E-state index in [0.717, 1.165) is 0 Å². The van der Waals surface area contributed by atoms with E-state index in [2.05, 4.69) is 10.6 Å². The molecule has 1 aromatic rings. The van der Waals surface area contributed by atoms with Gasteiger partial charge in [0.1, 0.15) is 0 Å². The first-order valence-electron chi connectivity index (χ1n) is 6.15. The number of halogens is 1. The SMILES string of the molecule is Cc1c(O)c(O)cc(Cl)c1NC(=O)NC(N(C)C)=[N+](C)C. The number of carbonyl (C=O) groups is 1. The van der Waals surface area contributed by atoms with E-state index in [1.807, 2.05) is 0 Å². The van der Waals surface area contributed by atoms with Crippen molar-refractivity contribution in [2.75, 3.05) is 33.5 Å². The number of nitrogens with one attached hydrogen (secondary N) is 2. The molecule has 1 rings (SSSR count). The van der Waals surface area contributed by atoms with Crippen molar-refractivity contribution in [3.05, 3.63) is 16.7 Å². The van der Waals surface area contributed by atoms with Crippen LogP contribution < -0.4 is 10.6 Å². The molecule has 1 aromatic carbocycles. The van der Waals surface area contributed by atoms with Crippen LogP contribution in [0.25, 0.3) is 0 Å². The van der Waals surface area contributed by atoms with Gasteiger partial charge < -0.3 is 10.2 Å². The molecule has 0 aliphatic carbocycles. The van der Waals surface area contributed by atoms with E-state index in [1.165, 1.54) is 6.07 Å². The second kappa shape index (κ2) is 6.53. The number of hydrogen-bond donors (Lipinski definition) is 4. The number of benzene rings is 1. The molecular formula is C13H20ClN4O3+. The molecular weight excluding hydrogens is 296 g/mol. The predicted octanol–water partition coefficient (Wildman–Crippen LogP) is 1.37. The zero-order valence-electron chi connectivity index (χ0n) is 12.7. The first-order valence-corrected chi connectivity index (χ1v) is 6.53. The van der Waals surface area contributed by atoms with Crippen molar-refractivity contribution in [1.29, 1.82) is 0 Å². The number of phenols is 2. The highest BCUT2D eigenvalue weighted by atomic mass is 35.5. The minimum atomic E-state index is -0.512. The second-order valence-electron chi connectivity index (χ2n) is 4.92. The summed E-state index contributed by atoms with van der Waals surface area (Å²) in [5.41, 5.74) is 0.521. The van der Waals surface area contributed by atoms with Crippen molar-refractivity contribution in [2.24, 2.45) is 0 Å². The van der Waals surface area contributed by atoms with Gasteiger partial charge in [0, 0.05) is 11.6 Å². The Morgan fingerprint density at radius 2 is 1.90 bits per heavy atom. The molecule has 0 fully saturated rings. The van der Waals surface area contributed by atoms with Crippen molar-refractivity contribution in [3.8, 4) is 11.5 Å². The zero-order chi connectivity index (χ0) is 16.3. The number of nitrogens with zero attached hydrogens (tertiary/aromatic N) is 2. The van der Waals surface area contributed by atoms with Crippen molar-refractivity contribution in [3.63, 3.8) is 0 Å². The Balaban J connectivity index is 3.00. The number of anilines is 1. The summed E-state index contributed by atoms with van der Waals surface area (Å²) in [4.78, 5) is 13.8. The fourth-order valence-electron chi connectivity index (χ4n) is 1.77. The molecule has 7 nitrogen and oxygen atoms in total. The summed E-state index contributed by atoms with van der Waals surface area (Å²) in [5, 5.41) is 24.5. The standard InChI is InChI=1S/C13H19ClN4O3/c1-7-10(8(14)6-9(19)11(7)20)15-12(21)16-13(17(2)3)18(4)5/h6H,1-5H3,(H3,15,19,20,21)/p+1. The van der Waals surface area contributed by atoms with Crippen molar-refractivity contribution >= 4 is 29.3 Å². The molecule has 0 aromatic heterocycles. The predicted molar refractivity (Wildman–Crippen MR) is 82.5 cm³/mol. The summed E-state index contributed by atoms with van der Waals surface area (Å²) in [5.74, 6) is -0.0827. The number of carbonyl (C=O) groups excluding carboxylic acids is 1. The Bertz CT molecular complexity index is 596. The number of amides is 2. The number of rotatable bonds is 1. The monoisotopic (exact) mass is 315 g/mol. The van der Waals surface area contributed by atoms with Crippen LogP contribution in [-0.2, 0) is 0 Å². The van der Waals surface area contributed by atoms with Crippen molar-refractivity contribution in [2.45, 2.75) is 6.92 Å². The maximum atomic E-state index is 12.0. The number of phenolic OH excluding ortho intramolecular Hbond substituents is 2. The Kier molecular flexibility index (Phi) is 5.26. The summed E-state index contributed by atoms with van der Waals surface area (Å²) < 4.78 is 1.74. The van der Waals surface area contributed by atoms with Crippen LogP contribution in [0.5, 0.6) is 11.5 Å². The first-order chi connectivity index (χ1) is 9.65. The topological polar surface area (TPSA) is 87.8 Å². The van der Waals surface area contributed by atoms with Gasteiger partial charge in [-0.05, 0) is 6.92 Å². The fourth-order valence-corrected chi connectivity index (χ4v) is 2.07. The van der Waals surface area contributed by atoms with Gasteiger partial charge in [-0.2, -0.15) is 5.32 Å². The molecule has 21 heavy (non-hydrogen) atoms. The Morgan fingerprint density at radius 1 is 1.33 bits per heavy atom. The fraction of sp³-hybridized carbons (Fsp3) is 0.385. The number of hydrogen-bond acceptors (Lipinski definition) is 3. The average Bonchev–Trinajstić information content (AvgIpc) is 2.37. The molecule has 0 heterocycles. The third-order valence-electron chi connectivity index (χ3n) is 2.79. The molecule has 4 N–H and O–H groups in total. The van der Waals surface area contributed by atoms with Gasteiger partial charge in [0.2, 0.25) is 0 Å². The molecule has 0 saturated heterocycles. The Morgan fingerprint density at radius 3 is 2.38 bits per heavy atom. The van der Waals surface area contributed by atoms with Gasteiger partial charge in [0.05, 0.1) is 38.9 Å². The van der Waals surface area contributed by atoms with Crippen LogP contribution in [0.4, 0.5) is 10.5 Å². The molecule has 2 amide bonds. The summed E-state index contributed by atoms with van der Waals surface area (Å²) >= 11 is 5.97. The molecule has 0 radical (unpaired) electrons. The van der Waals surface area contributed by atoms with Crippen LogP contribution in [0.2, 0.25) is 5.02 Å². The Labute approximate surface area is 128 Å². The zero-order valence-corrected chi connectivity index (χ0v) is 13.4. The van der Waals surface area contributed by atoms with Gasteiger partial charge in [-0.3, -0.25) is 14.8 Å². The van der Waals surface area contributed by atoms with E-state index < -0.39 is 6.03 Å². The lowest BCUT2D eigenvalue weighted by Gasteiger charge is -2.14. The lowest BCUT2D eigenvalue weighted by molar-refractivity contribution is -0.471. The van der Waals surface area contributed by atoms with Crippen LogP contribution in [0, 0.1) is 6.92 Å². The minimum Gasteiger partial charge on any atom is -0.504 e. The van der Waals surface area contributed by atoms with E-state index in [0.29, 0.717) is 5.96 Å². The van der Waals surface area contributed by atoms with Gasteiger partial charge in [0.15, 0.2) is 11.5 Å². The highest BCUT2D eigenvalue weighted by Gasteiger charge is 2.20. The molecule has 0 aliphatic rings. The molecule has 116 valence electrons. The third-order valence-corrected chi connectivity index (χ3v) is 3.08. The van der Waals surface area contributed by atoms with Crippen LogP contribution in [0.3, 0.4) is 0 Å². The quantitative estimate of drug-likeness (QED) is 0.207. The maximum absolute atomic E-state index is 12.0. The van der Waals surface area contributed by atoms with Crippen LogP contribution in [0.1, 0.15) is 5.56 Å². The van der Waals surface area contributed by atoms with E-state index in [1.54, 1.807) is 44.6 Å². The van der Waals surface area contributed by atoms with Crippen LogP contribution in [-0.4, -0.2) is 59.9 Å². The molecule has 8 heteroatoms. The van der Waals surface area contributed by atoms with Gasteiger partial charge in [-0.1, -0.05) is 11.6 Å². The summed E-state index contributed by atoms with van der Waals surface area (Å²) in [6.07, 6.45) is 0. The van der Waals surface area contributed by atoms with Crippen molar-refractivity contribution < 1.29 is 19.6 Å². The normalized spacial score (nSPS) is 10.0. The number of urea groups is 1. The van der Waals surface area contributed by atoms with Crippen LogP contribution >= 0.6 is 11.6 Å². The van der Waals surface area contributed by atoms with Gasteiger partial charge in [0.25, 0.3) is 0 Å². The highest BCUT2D eigenvalue weighted by molar-refractivity contribution is 6.34. The van der Waals surface area contributed by atoms with Crippen LogP contribution in [0.15, 0.2) is 6.07 Å². The first kappa shape index (κ1) is 16.9. The summed E-state index contributed by atoms with van der Waals surface area (Å²) in [7, 11) is 7.17. The minimum absolute atomic E-state index is 0.134. The smallest absolute Gasteiger partial charge is 0.384 e. The van der Waals surface area contributed by atoms with E-state index in [9.17, 15) is 15.0 Å². The molecule has 0 bridgehead atoms. The summed E-state index contributed by atoms with van der Waals surface area (Å²) in [6.45, 7) is 1.54. The van der Waals surface area contributed by atoms with Gasteiger partial charge in [-0.25, -0.2) is 4.79 Å². The van der Waals surface area contributed by atoms with Crippen molar-refractivity contribution in [1.82, 2.24) is 10.2 Å². The molecule has 0 atom stereocenters. The summed E-state index contributed by atoms with van der Waals surface area (Å²) in [6, 6.07) is 0.657. The number of guanidine groups is 1. The Hall–Kier alpha value is -2.15.